The Bertz CT molecular complexity index is 934. The van der Waals surface area contributed by atoms with Crippen molar-refractivity contribution in [3.63, 3.8) is 0 Å². The molecule has 0 amide bonds. The summed E-state index contributed by atoms with van der Waals surface area (Å²) in [6, 6.07) is 17.8. The van der Waals surface area contributed by atoms with Crippen LogP contribution >= 0.6 is 11.8 Å². The molecule has 4 rings (SSSR count). The van der Waals surface area contributed by atoms with Crippen molar-refractivity contribution < 1.29 is 4.42 Å². The van der Waals surface area contributed by atoms with Gasteiger partial charge in [-0.15, -0.1) is 15.3 Å². The summed E-state index contributed by atoms with van der Waals surface area (Å²) in [6.45, 7) is 0. The summed E-state index contributed by atoms with van der Waals surface area (Å²) < 4.78 is 5.71. The van der Waals surface area contributed by atoms with E-state index in [0.717, 1.165) is 21.4 Å². The first-order valence-corrected chi connectivity index (χ1v) is 8.10. The van der Waals surface area contributed by atoms with Gasteiger partial charge in [-0.25, -0.2) is 0 Å². The summed E-state index contributed by atoms with van der Waals surface area (Å²) in [7, 11) is 0. The van der Waals surface area contributed by atoms with Crippen LogP contribution in [0.15, 0.2) is 70.2 Å². The van der Waals surface area contributed by atoms with E-state index in [9.17, 15) is 0 Å². The summed E-state index contributed by atoms with van der Waals surface area (Å²) in [5.74, 6) is 1.66. The van der Waals surface area contributed by atoms with Gasteiger partial charge in [-0.2, -0.15) is 5.10 Å². The van der Waals surface area contributed by atoms with Crippen LogP contribution in [0.4, 0.5) is 0 Å². The Morgan fingerprint density at radius 2 is 1.70 bits per heavy atom. The fourth-order valence-corrected chi connectivity index (χ4v) is 3.07. The van der Waals surface area contributed by atoms with Crippen molar-refractivity contribution in [2.45, 2.75) is 10.8 Å². The van der Waals surface area contributed by atoms with Crippen LogP contribution in [0.5, 0.6) is 0 Å². The van der Waals surface area contributed by atoms with Gasteiger partial charge in [0.2, 0.25) is 11.8 Å². The van der Waals surface area contributed by atoms with Gasteiger partial charge in [0.15, 0.2) is 0 Å². The number of benzene rings is 2. The zero-order chi connectivity index (χ0) is 15.5. The Kier molecular flexibility index (Phi) is 3.73. The minimum Gasteiger partial charge on any atom is -0.420 e. The lowest BCUT2D eigenvalue weighted by molar-refractivity contribution is 0.528. The zero-order valence-corrected chi connectivity index (χ0v) is 12.9. The Morgan fingerprint density at radius 1 is 0.870 bits per heavy atom. The van der Waals surface area contributed by atoms with Crippen molar-refractivity contribution in [1.29, 1.82) is 0 Å². The van der Waals surface area contributed by atoms with Crippen molar-refractivity contribution in [1.82, 2.24) is 20.4 Å². The van der Waals surface area contributed by atoms with Gasteiger partial charge in [-0.1, -0.05) is 54.2 Å². The normalized spacial score (nSPS) is 11.0. The Hall–Kier alpha value is -2.73. The lowest BCUT2D eigenvalue weighted by Gasteiger charge is -2.02. The maximum atomic E-state index is 5.71. The summed E-state index contributed by atoms with van der Waals surface area (Å²) in [6.07, 6.45) is 1.76. The van der Waals surface area contributed by atoms with Crippen molar-refractivity contribution in [3.8, 4) is 11.5 Å². The van der Waals surface area contributed by atoms with Gasteiger partial charge in [-0.3, -0.25) is 0 Å². The summed E-state index contributed by atoms with van der Waals surface area (Å²) in [4.78, 5) is 0. The van der Waals surface area contributed by atoms with E-state index in [4.69, 9.17) is 4.42 Å². The molecule has 6 heteroatoms. The molecule has 112 valence electrons. The van der Waals surface area contributed by atoms with E-state index >= 15 is 0 Å². The molecule has 23 heavy (non-hydrogen) atoms. The van der Waals surface area contributed by atoms with Crippen LogP contribution in [-0.2, 0) is 5.75 Å². The Morgan fingerprint density at radius 3 is 2.61 bits per heavy atom. The van der Waals surface area contributed by atoms with Gasteiger partial charge < -0.3 is 4.42 Å². The first kappa shape index (κ1) is 13.9. The minimum atomic E-state index is 0.533. The highest BCUT2D eigenvalue weighted by atomic mass is 32.2. The predicted molar refractivity (Wildman–Crippen MR) is 88.8 cm³/mol. The maximum absolute atomic E-state index is 5.71. The van der Waals surface area contributed by atoms with E-state index in [1.807, 2.05) is 54.6 Å². The standard InChI is InChI=1S/C17H12N4OS/c1-2-6-12(7-3-1)16-20-19-15(22-16)11-23-17-14-9-5-4-8-13(14)10-18-21-17/h1-10H,11H2. The molecule has 0 aliphatic carbocycles. The second kappa shape index (κ2) is 6.18. The van der Waals surface area contributed by atoms with E-state index in [-0.39, 0.29) is 0 Å². The monoisotopic (exact) mass is 320 g/mol. The third kappa shape index (κ3) is 2.93. The quantitative estimate of drug-likeness (QED) is 0.530. The number of thioether (sulfide) groups is 1. The van der Waals surface area contributed by atoms with Gasteiger partial charge in [0.1, 0.15) is 5.03 Å². The largest absolute Gasteiger partial charge is 0.420 e. The van der Waals surface area contributed by atoms with Crippen LogP contribution in [0.2, 0.25) is 0 Å². The van der Waals surface area contributed by atoms with Crippen molar-refractivity contribution in [2.75, 3.05) is 0 Å². The van der Waals surface area contributed by atoms with Gasteiger partial charge >= 0.3 is 0 Å². The predicted octanol–water partition coefficient (Wildman–Crippen LogP) is 3.97. The summed E-state index contributed by atoms with van der Waals surface area (Å²) in [5, 5.41) is 19.5. The minimum absolute atomic E-state index is 0.533. The average Bonchev–Trinajstić information content (AvgIpc) is 3.10. The first-order chi connectivity index (χ1) is 11.4. The second-order valence-corrected chi connectivity index (χ2v) is 5.86. The molecule has 5 nitrogen and oxygen atoms in total. The molecule has 0 N–H and O–H groups in total. The zero-order valence-electron chi connectivity index (χ0n) is 12.1. The van der Waals surface area contributed by atoms with Crippen LogP contribution in [0, 0.1) is 0 Å². The van der Waals surface area contributed by atoms with Gasteiger partial charge in [0.25, 0.3) is 0 Å². The van der Waals surface area contributed by atoms with Gasteiger partial charge in [0, 0.05) is 16.3 Å². The van der Waals surface area contributed by atoms with E-state index < -0.39 is 0 Å². The lowest BCUT2D eigenvalue weighted by Crippen LogP contribution is -1.88. The number of hydrogen-bond acceptors (Lipinski definition) is 6. The van der Waals surface area contributed by atoms with Crippen molar-refractivity contribution >= 4 is 22.5 Å². The SMILES string of the molecule is c1ccc(-c2nnc(CSc3nncc4ccccc34)o2)cc1. The van der Waals surface area contributed by atoms with Gasteiger partial charge in [-0.05, 0) is 12.1 Å². The molecule has 2 aromatic carbocycles. The highest BCUT2D eigenvalue weighted by molar-refractivity contribution is 7.98. The molecule has 0 aliphatic heterocycles. The van der Waals surface area contributed by atoms with E-state index in [0.29, 0.717) is 17.5 Å². The fourth-order valence-electron chi connectivity index (χ4n) is 2.25. The number of aromatic nitrogens is 4. The van der Waals surface area contributed by atoms with Crippen LogP contribution < -0.4 is 0 Å². The van der Waals surface area contributed by atoms with E-state index in [1.165, 1.54) is 0 Å². The fraction of sp³-hybridized carbons (Fsp3) is 0.0588. The third-order valence-electron chi connectivity index (χ3n) is 3.36. The van der Waals surface area contributed by atoms with Crippen LogP contribution in [0.25, 0.3) is 22.2 Å². The molecule has 0 atom stereocenters. The Labute approximate surface area is 136 Å². The molecule has 4 aromatic rings. The van der Waals surface area contributed by atoms with E-state index in [2.05, 4.69) is 20.4 Å². The molecular formula is C17H12N4OS. The molecule has 0 bridgehead atoms. The van der Waals surface area contributed by atoms with E-state index in [1.54, 1.807) is 18.0 Å². The molecule has 0 radical (unpaired) electrons. The number of hydrogen-bond donors (Lipinski definition) is 0. The maximum Gasteiger partial charge on any atom is 0.247 e. The molecule has 0 spiro atoms. The molecular weight excluding hydrogens is 308 g/mol. The lowest BCUT2D eigenvalue weighted by atomic mass is 10.2. The molecule has 0 fully saturated rings. The molecule has 0 unspecified atom stereocenters. The molecule has 2 heterocycles. The topological polar surface area (TPSA) is 64.7 Å². The first-order valence-electron chi connectivity index (χ1n) is 7.11. The molecule has 0 saturated heterocycles. The highest BCUT2D eigenvalue weighted by Gasteiger charge is 2.10. The van der Waals surface area contributed by atoms with Crippen molar-refractivity contribution in [3.05, 3.63) is 66.7 Å². The third-order valence-corrected chi connectivity index (χ3v) is 4.32. The summed E-state index contributed by atoms with van der Waals surface area (Å²) >= 11 is 1.54. The average molecular weight is 320 g/mol. The highest BCUT2D eigenvalue weighted by Crippen LogP contribution is 2.28. The smallest absolute Gasteiger partial charge is 0.247 e. The van der Waals surface area contributed by atoms with Crippen LogP contribution in [0.1, 0.15) is 5.89 Å². The van der Waals surface area contributed by atoms with Gasteiger partial charge in [0.05, 0.1) is 11.9 Å². The summed E-state index contributed by atoms with van der Waals surface area (Å²) in [5.41, 5.74) is 0.918. The van der Waals surface area contributed by atoms with Crippen LogP contribution in [-0.4, -0.2) is 20.4 Å². The number of nitrogens with zero attached hydrogens (tertiary/aromatic N) is 4. The molecule has 0 aliphatic rings. The molecule has 2 aromatic heterocycles. The number of fused-ring (bicyclic) bond motifs is 1. The Balaban J connectivity index is 1.54. The molecule has 0 saturated carbocycles. The van der Waals surface area contributed by atoms with Crippen molar-refractivity contribution in [2.24, 2.45) is 0 Å². The number of rotatable bonds is 4. The van der Waals surface area contributed by atoms with Crippen LogP contribution in [0.3, 0.4) is 0 Å². The second-order valence-electron chi connectivity index (χ2n) is 4.89.